The van der Waals surface area contributed by atoms with Gasteiger partial charge < -0.3 is 14.0 Å². The first-order chi connectivity index (χ1) is 31.3. The van der Waals surface area contributed by atoms with Crippen molar-refractivity contribution in [3.8, 4) is 44.8 Å². The summed E-state index contributed by atoms with van der Waals surface area (Å²) in [4.78, 5) is 2.39. The van der Waals surface area contributed by atoms with Crippen LogP contribution < -0.4 is 4.90 Å². The second-order valence-corrected chi connectivity index (χ2v) is 16.1. The molecule has 0 aliphatic heterocycles. The maximum absolute atomic E-state index is 2.48. The van der Waals surface area contributed by atoms with Gasteiger partial charge in [0, 0.05) is 49.9 Å². The topological polar surface area (TPSA) is 13.1 Å². The number of nitrogens with zero attached hydrogens (tertiary/aromatic N) is 3. The largest absolute Gasteiger partial charge is 0.310 e. The molecule has 0 amide bonds. The second kappa shape index (κ2) is 15.3. The molecule has 12 aromatic rings. The number of fused-ring (bicyclic) bond motifs is 7. The SMILES string of the molecule is c1ccc(-c2ccc(N(c3ccc(-n4c5ccccc5c5ccc6c(c7ccccc7n6-c6ccc(-c7ccccc7)cc6)c54)cc3)c3ccccc3-c3ccccc3)cc2)cc1. The van der Waals surface area contributed by atoms with E-state index in [1.807, 2.05) is 0 Å². The zero-order valence-electron chi connectivity index (χ0n) is 34.5. The van der Waals surface area contributed by atoms with Crippen LogP contribution in [0.5, 0.6) is 0 Å². The summed E-state index contributed by atoms with van der Waals surface area (Å²) in [6.45, 7) is 0. The smallest absolute Gasteiger partial charge is 0.0641 e. The fraction of sp³-hybridized carbons (Fsp3) is 0. The third-order valence-corrected chi connectivity index (χ3v) is 12.5. The quantitative estimate of drug-likeness (QED) is 0.149. The summed E-state index contributed by atoms with van der Waals surface area (Å²) in [5.74, 6) is 0. The van der Waals surface area contributed by atoms with E-state index in [1.165, 1.54) is 77.0 Å². The summed E-state index contributed by atoms with van der Waals surface area (Å²) in [7, 11) is 0. The lowest BCUT2D eigenvalue weighted by Gasteiger charge is -2.28. The van der Waals surface area contributed by atoms with Crippen molar-refractivity contribution in [2.45, 2.75) is 0 Å². The number of benzene rings is 10. The first kappa shape index (κ1) is 36.5. The molecular weight excluding hydrogens is 763 g/mol. The van der Waals surface area contributed by atoms with Gasteiger partial charge in [-0.2, -0.15) is 0 Å². The second-order valence-electron chi connectivity index (χ2n) is 16.1. The van der Waals surface area contributed by atoms with Gasteiger partial charge in [0.25, 0.3) is 0 Å². The van der Waals surface area contributed by atoms with Crippen molar-refractivity contribution in [1.82, 2.24) is 9.13 Å². The van der Waals surface area contributed by atoms with E-state index in [0.717, 1.165) is 28.4 Å². The molecule has 0 fully saturated rings. The number of hydrogen-bond acceptors (Lipinski definition) is 1. The van der Waals surface area contributed by atoms with Crippen LogP contribution in [0, 0.1) is 0 Å². The summed E-state index contributed by atoms with van der Waals surface area (Å²) in [5, 5.41) is 4.95. The molecule has 296 valence electrons. The first-order valence-electron chi connectivity index (χ1n) is 21.6. The molecule has 0 radical (unpaired) electrons. The third-order valence-electron chi connectivity index (χ3n) is 12.5. The van der Waals surface area contributed by atoms with Crippen LogP contribution in [0.4, 0.5) is 17.1 Å². The Labute approximate surface area is 366 Å². The van der Waals surface area contributed by atoms with Crippen LogP contribution in [0.1, 0.15) is 0 Å². The molecule has 63 heavy (non-hydrogen) atoms. The third kappa shape index (κ3) is 6.21. The van der Waals surface area contributed by atoms with Gasteiger partial charge in [0.1, 0.15) is 0 Å². The molecule has 0 saturated heterocycles. The molecule has 0 saturated carbocycles. The summed E-state index contributed by atoms with van der Waals surface area (Å²) >= 11 is 0. The van der Waals surface area contributed by atoms with Crippen molar-refractivity contribution in [1.29, 1.82) is 0 Å². The average Bonchev–Trinajstić information content (AvgIpc) is 3.89. The highest BCUT2D eigenvalue weighted by atomic mass is 15.1. The predicted molar refractivity (Wildman–Crippen MR) is 266 cm³/mol. The maximum Gasteiger partial charge on any atom is 0.0641 e. The first-order valence-corrected chi connectivity index (χ1v) is 21.6. The van der Waals surface area contributed by atoms with Gasteiger partial charge in [0.2, 0.25) is 0 Å². The summed E-state index contributed by atoms with van der Waals surface area (Å²) in [6, 6.07) is 90.0. The standard InChI is InChI=1S/C60H41N3/c1-4-16-42(17-5-1)44-28-32-47(33-29-44)61(55-25-13-10-22-51(55)46-20-8-3-9-21-46)48-36-38-50(39-37-48)63-56-26-14-11-23-52(56)53-40-41-58-59(60(53)63)54-24-12-15-27-57(54)62(58)49-34-30-45(31-35-49)43-18-6-2-7-19-43/h1-41H. The number of anilines is 3. The zero-order valence-corrected chi connectivity index (χ0v) is 34.5. The Kier molecular flexibility index (Phi) is 8.83. The molecule has 2 heterocycles. The Hall–Kier alpha value is -8.40. The van der Waals surface area contributed by atoms with Crippen molar-refractivity contribution in [2.75, 3.05) is 4.90 Å². The fourth-order valence-electron chi connectivity index (χ4n) is 9.63. The fourth-order valence-corrected chi connectivity index (χ4v) is 9.63. The normalized spacial score (nSPS) is 11.5. The van der Waals surface area contributed by atoms with Crippen molar-refractivity contribution >= 4 is 60.7 Å². The minimum Gasteiger partial charge on any atom is -0.310 e. The molecule has 0 spiro atoms. The van der Waals surface area contributed by atoms with Gasteiger partial charge >= 0.3 is 0 Å². The molecule has 0 aliphatic rings. The van der Waals surface area contributed by atoms with E-state index < -0.39 is 0 Å². The molecular formula is C60H41N3. The average molecular weight is 804 g/mol. The monoisotopic (exact) mass is 803 g/mol. The van der Waals surface area contributed by atoms with Crippen molar-refractivity contribution < 1.29 is 0 Å². The van der Waals surface area contributed by atoms with E-state index in [2.05, 4.69) is 263 Å². The molecule has 0 bridgehead atoms. The molecule has 0 N–H and O–H groups in total. The lowest BCUT2D eigenvalue weighted by atomic mass is 10.0. The van der Waals surface area contributed by atoms with E-state index in [1.54, 1.807) is 0 Å². The van der Waals surface area contributed by atoms with Gasteiger partial charge in [0.05, 0.1) is 27.8 Å². The number of rotatable bonds is 8. The number of aromatic nitrogens is 2. The molecule has 10 aromatic carbocycles. The Morgan fingerprint density at radius 3 is 1.35 bits per heavy atom. The van der Waals surface area contributed by atoms with Crippen molar-refractivity contribution in [3.63, 3.8) is 0 Å². The van der Waals surface area contributed by atoms with Crippen LogP contribution >= 0.6 is 0 Å². The van der Waals surface area contributed by atoms with Crippen LogP contribution in [-0.2, 0) is 0 Å². The zero-order chi connectivity index (χ0) is 41.7. The van der Waals surface area contributed by atoms with Crippen LogP contribution in [0.3, 0.4) is 0 Å². The Bertz CT molecular complexity index is 3570. The van der Waals surface area contributed by atoms with Gasteiger partial charge in [-0.3, -0.25) is 0 Å². The predicted octanol–water partition coefficient (Wildman–Crippen LogP) is 16.4. The molecule has 0 atom stereocenters. The molecule has 0 unspecified atom stereocenters. The van der Waals surface area contributed by atoms with Gasteiger partial charge in [-0.25, -0.2) is 0 Å². The molecule has 3 nitrogen and oxygen atoms in total. The van der Waals surface area contributed by atoms with E-state index in [-0.39, 0.29) is 0 Å². The lowest BCUT2D eigenvalue weighted by Crippen LogP contribution is -2.11. The summed E-state index contributed by atoms with van der Waals surface area (Å²) in [6.07, 6.45) is 0. The van der Waals surface area contributed by atoms with E-state index in [9.17, 15) is 0 Å². The maximum atomic E-state index is 2.48. The highest BCUT2D eigenvalue weighted by Crippen LogP contribution is 2.44. The van der Waals surface area contributed by atoms with Crippen molar-refractivity contribution in [3.05, 3.63) is 249 Å². The van der Waals surface area contributed by atoms with E-state index in [0.29, 0.717) is 0 Å². The molecule has 12 rings (SSSR count). The minimum absolute atomic E-state index is 1.08. The molecule has 3 heteroatoms. The Morgan fingerprint density at radius 2 is 0.714 bits per heavy atom. The highest BCUT2D eigenvalue weighted by molar-refractivity contribution is 6.26. The minimum atomic E-state index is 1.08. The molecule has 0 aliphatic carbocycles. The lowest BCUT2D eigenvalue weighted by molar-refractivity contribution is 1.17. The van der Waals surface area contributed by atoms with Crippen LogP contribution in [-0.4, -0.2) is 9.13 Å². The van der Waals surface area contributed by atoms with Crippen LogP contribution in [0.25, 0.3) is 88.4 Å². The summed E-state index contributed by atoms with van der Waals surface area (Å²) in [5.41, 5.74) is 17.5. The van der Waals surface area contributed by atoms with E-state index in [4.69, 9.17) is 0 Å². The van der Waals surface area contributed by atoms with Crippen LogP contribution in [0.2, 0.25) is 0 Å². The Morgan fingerprint density at radius 1 is 0.270 bits per heavy atom. The van der Waals surface area contributed by atoms with Gasteiger partial charge in [-0.15, -0.1) is 0 Å². The van der Waals surface area contributed by atoms with Crippen molar-refractivity contribution in [2.24, 2.45) is 0 Å². The number of para-hydroxylation sites is 3. The van der Waals surface area contributed by atoms with Crippen LogP contribution in [0.15, 0.2) is 249 Å². The van der Waals surface area contributed by atoms with Gasteiger partial charge in [0.15, 0.2) is 0 Å². The molecule has 2 aromatic heterocycles. The number of hydrogen-bond donors (Lipinski definition) is 0. The van der Waals surface area contributed by atoms with Gasteiger partial charge in [-0.1, -0.05) is 176 Å². The van der Waals surface area contributed by atoms with Gasteiger partial charge in [-0.05, 0) is 101 Å². The highest BCUT2D eigenvalue weighted by Gasteiger charge is 2.22. The summed E-state index contributed by atoms with van der Waals surface area (Å²) < 4.78 is 4.90. The van der Waals surface area contributed by atoms with E-state index >= 15 is 0 Å². The Balaban J connectivity index is 1.04.